The first-order valence-electron chi connectivity index (χ1n) is 4.70. The number of carbonyl (C=O) groups is 1. The molecule has 0 unspecified atom stereocenters. The lowest BCUT2D eigenvalue weighted by atomic mass is 10.4. The summed E-state index contributed by atoms with van der Waals surface area (Å²) in [6.07, 6.45) is 2.11. The molecule has 0 fully saturated rings. The van der Waals surface area contributed by atoms with Crippen LogP contribution in [0, 0.1) is 6.92 Å². The summed E-state index contributed by atoms with van der Waals surface area (Å²) in [6, 6.07) is 3.73. The van der Waals surface area contributed by atoms with E-state index in [1.54, 1.807) is 4.52 Å². The van der Waals surface area contributed by atoms with E-state index in [0.29, 0.717) is 5.69 Å². The van der Waals surface area contributed by atoms with E-state index in [0.717, 1.165) is 17.5 Å². The lowest BCUT2D eigenvalue weighted by Crippen LogP contribution is -1.98. The minimum atomic E-state index is -0.125. The van der Waals surface area contributed by atoms with Crippen molar-refractivity contribution >= 4 is 11.8 Å². The molecule has 6 nitrogen and oxygen atoms in total. The first kappa shape index (κ1) is 12.3. The molecule has 0 aliphatic heterocycles. The normalized spacial score (nSPS) is 9.69. The molecule has 0 saturated heterocycles. The van der Waals surface area contributed by atoms with Crippen LogP contribution in [0.2, 0.25) is 0 Å². The Bertz CT molecular complexity index is 465. The van der Waals surface area contributed by atoms with Gasteiger partial charge in [0.25, 0.3) is 0 Å². The SMILES string of the molecule is Cc1ccc2c(C=O)ncnn12.OCCO. The zero-order valence-corrected chi connectivity index (χ0v) is 8.87. The van der Waals surface area contributed by atoms with Gasteiger partial charge in [-0.15, -0.1) is 0 Å². The smallest absolute Gasteiger partial charge is 0.170 e. The van der Waals surface area contributed by atoms with Gasteiger partial charge in [0, 0.05) is 5.69 Å². The Kier molecular flexibility index (Phi) is 4.56. The van der Waals surface area contributed by atoms with Crippen LogP contribution in [0.5, 0.6) is 0 Å². The van der Waals surface area contributed by atoms with Crippen LogP contribution in [-0.4, -0.2) is 44.3 Å². The van der Waals surface area contributed by atoms with Crippen molar-refractivity contribution in [2.24, 2.45) is 0 Å². The molecule has 2 rings (SSSR count). The fourth-order valence-electron chi connectivity index (χ4n) is 1.17. The highest BCUT2D eigenvalue weighted by Crippen LogP contribution is 2.08. The first-order valence-corrected chi connectivity index (χ1v) is 4.70. The summed E-state index contributed by atoms with van der Waals surface area (Å²) in [6.45, 7) is 1.68. The Morgan fingerprint density at radius 2 is 2.06 bits per heavy atom. The third kappa shape index (κ3) is 2.62. The van der Waals surface area contributed by atoms with Crippen LogP contribution >= 0.6 is 0 Å². The Morgan fingerprint density at radius 1 is 1.38 bits per heavy atom. The Balaban J connectivity index is 0.000000280. The number of aldehydes is 1. The Hall–Kier alpha value is -1.79. The molecular formula is C10H13N3O3. The standard InChI is InChI=1S/C8H7N3O.C2H6O2/c1-6-2-3-8-7(4-12)9-5-10-11(6)8;3-1-2-4/h2-5H,1H3;3-4H,1-2H2. The van der Waals surface area contributed by atoms with Crippen molar-refractivity contribution in [3.05, 3.63) is 29.8 Å². The molecule has 86 valence electrons. The van der Waals surface area contributed by atoms with Crippen molar-refractivity contribution < 1.29 is 15.0 Å². The molecule has 0 saturated carbocycles. The summed E-state index contributed by atoms with van der Waals surface area (Å²) in [5, 5.41) is 19.2. The van der Waals surface area contributed by atoms with Crippen molar-refractivity contribution in [3.63, 3.8) is 0 Å². The molecule has 2 N–H and O–H groups in total. The van der Waals surface area contributed by atoms with E-state index in [1.165, 1.54) is 6.33 Å². The highest BCUT2D eigenvalue weighted by molar-refractivity contribution is 5.82. The summed E-state index contributed by atoms with van der Waals surface area (Å²) in [4.78, 5) is 14.4. The third-order valence-electron chi connectivity index (χ3n) is 1.88. The second-order valence-electron chi connectivity index (χ2n) is 2.98. The van der Waals surface area contributed by atoms with Crippen LogP contribution in [0.3, 0.4) is 0 Å². The van der Waals surface area contributed by atoms with E-state index in [4.69, 9.17) is 10.2 Å². The Labute approximate surface area is 92.2 Å². The van der Waals surface area contributed by atoms with Gasteiger partial charge in [-0.1, -0.05) is 0 Å². The number of nitrogens with zero attached hydrogens (tertiary/aromatic N) is 3. The minimum absolute atomic E-state index is 0.125. The molecule has 0 spiro atoms. The van der Waals surface area contributed by atoms with Gasteiger partial charge in [-0.3, -0.25) is 4.79 Å². The van der Waals surface area contributed by atoms with Gasteiger partial charge >= 0.3 is 0 Å². The fraction of sp³-hybridized carbons (Fsp3) is 0.300. The summed E-state index contributed by atoms with van der Waals surface area (Å²) in [5.41, 5.74) is 2.18. The highest BCUT2D eigenvalue weighted by Gasteiger charge is 2.02. The van der Waals surface area contributed by atoms with E-state index < -0.39 is 0 Å². The fourth-order valence-corrected chi connectivity index (χ4v) is 1.17. The van der Waals surface area contributed by atoms with Crippen molar-refractivity contribution in [3.8, 4) is 0 Å². The molecule has 0 aliphatic carbocycles. The van der Waals surface area contributed by atoms with Gasteiger partial charge in [-0.25, -0.2) is 9.50 Å². The number of carbonyl (C=O) groups excluding carboxylic acids is 1. The van der Waals surface area contributed by atoms with E-state index in [-0.39, 0.29) is 13.2 Å². The quantitative estimate of drug-likeness (QED) is 0.690. The van der Waals surface area contributed by atoms with Gasteiger partial charge in [-0.2, -0.15) is 5.10 Å². The molecule has 2 aromatic rings. The number of aryl methyl sites for hydroxylation is 1. The van der Waals surface area contributed by atoms with Crippen LogP contribution in [0.25, 0.3) is 5.52 Å². The number of rotatable bonds is 2. The van der Waals surface area contributed by atoms with E-state index in [2.05, 4.69) is 10.1 Å². The molecule has 0 radical (unpaired) electrons. The number of hydrogen-bond donors (Lipinski definition) is 2. The van der Waals surface area contributed by atoms with Crippen LogP contribution < -0.4 is 0 Å². The van der Waals surface area contributed by atoms with E-state index in [1.807, 2.05) is 19.1 Å². The van der Waals surface area contributed by atoms with Gasteiger partial charge in [-0.05, 0) is 19.1 Å². The zero-order chi connectivity index (χ0) is 12.0. The van der Waals surface area contributed by atoms with Crippen molar-refractivity contribution in [2.75, 3.05) is 13.2 Å². The lowest BCUT2D eigenvalue weighted by Gasteiger charge is -1.95. The van der Waals surface area contributed by atoms with Crippen molar-refractivity contribution in [1.82, 2.24) is 14.6 Å². The monoisotopic (exact) mass is 223 g/mol. The topological polar surface area (TPSA) is 87.7 Å². The first-order chi connectivity index (χ1) is 7.74. The maximum Gasteiger partial charge on any atom is 0.170 e. The van der Waals surface area contributed by atoms with Gasteiger partial charge in [0.2, 0.25) is 0 Å². The molecule has 6 heteroatoms. The molecule has 16 heavy (non-hydrogen) atoms. The number of aliphatic hydroxyl groups is 2. The summed E-state index contributed by atoms with van der Waals surface area (Å²) >= 11 is 0. The molecule has 0 bridgehead atoms. The van der Waals surface area contributed by atoms with E-state index >= 15 is 0 Å². The van der Waals surface area contributed by atoms with Gasteiger partial charge in [0.05, 0.1) is 18.7 Å². The highest BCUT2D eigenvalue weighted by atomic mass is 16.3. The molecular weight excluding hydrogens is 210 g/mol. The number of aliphatic hydroxyl groups excluding tert-OH is 2. The van der Waals surface area contributed by atoms with E-state index in [9.17, 15) is 4.79 Å². The summed E-state index contributed by atoms with van der Waals surface area (Å²) in [7, 11) is 0. The minimum Gasteiger partial charge on any atom is -0.394 e. The van der Waals surface area contributed by atoms with Crippen LogP contribution in [0.1, 0.15) is 16.2 Å². The number of hydrogen-bond acceptors (Lipinski definition) is 5. The summed E-state index contributed by atoms with van der Waals surface area (Å²) < 4.78 is 1.69. The lowest BCUT2D eigenvalue weighted by molar-refractivity contribution is 0.112. The molecule has 2 aromatic heterocycles. The largest absolute Gasteiger partial charge is 0.394 e. The van der Waals surface area contributed by atoms with Gasteiger partial charge in [0.15, 0.2) is 6.29 Å². The second kappa shape index (κ2) is 5.94. The maximum absolute atomic E-state index is 10.5. The van der Waals surface area contributed by atoms with Crippen molar-refractivity contribution in [1.29, 1.82) is 0 Å². The van der Waals surface area contributed by atoms with Crippen LogP contribution in [0.4, 0.5) is 0 Å². The maximum atomic E-state index is 10.5. The summed E-state index contributed by atoms with van der Waals surface area (Å²) in [5.74, 6) is 0. The zero-order valence-electron chi connectivity index (χ0n) is 8.87. The predicted molar refractivity (Wildman–Crippen MR) is 57.3 cm³/mol. The van der Waals surface area contributed by atoms with Gasteiger partial charge < -0.3 is 10.2 Å². The molecule has 0 amide bonds. The number of fused-ring (bicyclic) bond motifs is 1. The van der Waals surface area contributed by atoms with Crippen LogP contribution in [-0.2, 0) is 0 Å². The second-order valence-corrected chi connectivity index (χ2v) is 2.98. The van der Waals surface area contributed by atoms with Crippen molar-refractivity contribution in [2.45, 2.75) is 6.92 Å². The molecule has 0 aliphatic rings. The average molecular weight is 223 g/mol. The average Bonchev–Trinajstić information content (AvgIpc) is 2.72. The van der Waals surface area contributed by atoms with Gasteiger partial charge in [0.1, 0.15) is 12.0 Å². The predicted octanol–water partition coefficient (Wildman–Crippen LogP) is -0.179. The molecule has 0 atom stereocenters. The third-order valence-corrected chi connectivity index (χ3v) is 1.88. The van der Waals surface area contributed by atoms with Crippen LogP contribution in [0.15, 0.2) is 18.5 Å². The molecule has 2 heterocycles. The molecule has 0 aromatic carbocycles. The Morgan fingerprint density at radius 3 is 2.62 bits per heavy atom. The number of aromatic nitrogens is 3.